The van der Waals surface area contributed by atoms with Gasteiger partial charge in [0.1, 0.15) is 6.61 Å². The highest BCUT2D eigenvalue weighted by molar-refractivity contribution is 7.47. The molecule has 0 rings (SSSR count). The van der Waals surface area contributed by atoms with Crippen LogP contribution in [-0.2, 0) is 32.7 Å². The van der Waals surface area contributed by atoms with Gasteiger partial charge in [0.15, 0.2) is 6.10 Å². The minimum atomic E-state index is -4.41. The Balaban J connectivity index is 4.16. The van der Waals surface area contributed by atoms with Crippen LogP contribution in [0.25, 0.3) is 0 Å². The summed E-state index contributed by atoms with van der Waals surface area (Å²) in [5, 5.41) is 0. The minimum Gasteiger partial charge on any atom is -0.462 e. The largest absolute Gasteiger partial charge is 0.472 e. The maximum atomic E-state index is 12.7. The fourth-order valence-corrected chi connectivity index (χ4v) is 7.93. The molecule has 0 aliphatic rings. The van der Waals surface area contributed by atoms with E-state index in [1.54, 1.807) is 0 Å². The van der Waals surface area contributed by atoms with E-state index >= 15 is 0 Å². The molecule has 0 amide bonds. The average molecular weight is 982 g/mol. The van der Waals surface area contributed by atoms with Gasteiger partial charge in [-0.3, -0.25) is 18.6 Å². The van der Waals surface area contributed by atoms with Crippen molar-refractivity contribution in [3.63, 3.8) is 0 Å². The zero-order valence-electron chi connectivity index (χ0n) is 43.8. The van der Waals surface area contributed by atoms with Crippen LogP contribution in [0.5, 0.6) is 0 Å². The van der Waals surface area contributed by atoms with Gasteiger partial charge in [-0.2, -0.15) is 0 Å². The molecule has 0 radical (unpaired) electrons. The van der Waals surface area contributed by atoms with E-state index in [1.165, 1.54) is 103 Å². The number of carbonyl (C=O) groups excluding carboxylic acids is 2. The molecule has 10 heteroatoms. The van der Waals surface area contributed by atoms with Crippen LogP contribution in [0, 0.1) is 0 Å². The zero-order chi connectivity index (χ0) is 50.2. The lowest BCUT2D eigenvalue weighted by molar-refractivity contribution is -0.161. The van der Waals surface area contributed by atoms with Crippen molar-refractivity contribution in [1.82, 2.24) is 0 Å². The average Bonchev–Trinajstić information content (AvgIpc) is 3.34. The maximum absolute atomic E-state index is 12.7. The van der Waals surface area contributed by atoms with Crippen molar-refractivity contribution in [3.8, 4) is 0 Å². The van der Waals surface area contributed by atoms with Crippen molar-refractivity contribution in [2.75, 3.05) is 26.4 Å². The van der Waals surface area contributed by atoms with Gasteiger partial charge in [-0.1, -0.05) is 239 Å². The molecule has 0 aromatic rings. The van der Waals surface area contributed by atoms with Crippen molar-refractivity contribution < 1.29 is 37.6 Å². The fraction of sp³-hybridized carbons (Fsp3) is 0.661. The van der Waals surface area contributed by atoms with Gasteiger partial charge in [-0.25, -0.2) is 4.57 Å². The molecule has 0 heterocycles. The number of rotatable bonds is 50. The number of allylic oxidation sites excluding steroid dienone is 18. The number of hydrogen-bond acceptors (Lipinski definition) is 8. The first kappa shape index (κ1) is 65.7. The zero-order valence-corrected chi connectivity index (χ0v) is 44.6. The molecule has 0 saturated heterocycles. The summed E-state index contributed by atoms with van der Waals surface area (Å²) in [4.78, 5) is 35.1. The highest BCUT2D eigenvalue weighted by Crippen LogP contribution is 2.43. The fourth-order valence-electron chi connectivity index (χ4n) is 7.17. The van der Waals surface area contributed by atoms with E-state index in [0.717, 1.165) is 77.0 Å². The highest BCUT2D eigenvalue weighted by Gasteiger charge is 2.26. The molecular formula is C59H100NO8P. The van der Waals surface area contributed by atoms with Crippen LogP contribution in [0.2, 0.25) is 0 Å². The Morgan fingerprint density at radius 2 is 0.797 bits per heavy atom. The predicted molar refractivity (Wildman–Crippen MR) is 293 cm³/mol. The van der Waals surface area contributed by atoms with Crippen molar-refractivity contribution in [2.45, 2.75) is 225 Å². The molecule has 0 saturated carbocycles. The van der Waals surface area contributed by atoms with Crippen molar-refractivity contribution >= 4 is 19.8 Å². The Hall–Kier alpha value is -3.33. The molecule has 0 aliphatic heterocycles. The summed E-state index contributed by atoms with van der Waals surface area (Å²) in [6.45, 7) is 3.57. The monoisotopic (exact) mass is 982 g/mol. The minimum absolute atomic E-state index is 0.0395. The van der Waals surface area contributed by atoms with E-state index in [1.807, 2.05) is 6.08 Å². The number of esters is 2. The van der Waals surface area contributed by atoms with E-state index in [-0.39, 0.29) is 32.6 Å². The third-order valence-corrected chi connectivity index (χ3v) is 12.2. The first-order valence-electron chi connectivity index (χ1n) is 27.4. The summed E-state index contributed by atoms with van der Waals surface area (Å²) in [7, 11) is -4.41. The van der Waals surface area contributed by atoms with Crippen LogP contribution in [-0.4, -0.2) is 49.3 Å². The van der Waals surface area contributed by atoms with Gasteiger partial charge in [0.05, 0.1) is 13.2 Å². The van der Waals surface area contributed by atoms with Crippen LogP contribution < -0.4 is 5.73 Å². The second-order valence-corrected chi connectivity index (χ2v) is 19.2. The number of unbranched alkanes of at least 4 members (excludes halogenated alkanes) is 19. The molecule has 9 nitrogen and oxygen atoms in total. The normalized spacial score (nSPS) is 14.0. The van der Waals surface area contributed by atoms with Gasteiger partial charge in [-0.05, 0) is 77.0 Å². The quantitative estimate of drug-likeness (QED) is 0.0264. The van der Waals surface area contributed by atoms with Crippen LogP contribution in [0.15, 0.2) is 109 Å². The highest BCUT2D eigenvalue weighted by atomic mass is 31.2. The Morgan fingerprint density at radius 1 is 0.449 bits per heavy atom. The molecule has 0 fully saturated rings. The number of carbonyl (C=O) groups is 2. The van der Waals surface area contributed by atoms with E-state index in [0.29, 0.717) is 12.8 Å². The molecule has 2 atom stereocenters. The lowest BCUT2D eigenvalue weighted by Gasteiger charge is -2.19. The Bertz CT molecular complexity index is 1490. The number of nitrogens with two attached hydrogens (primary N) is 1. The lowest BCUT2D eigenvalue weighted by atomic mass is 10.0. The second kappa shape index (κ2) is 54.0. The first-order valence-corrected chi connectivity index (χ1v) is 28.9. The Labute approximate surface area is 422 Å². The van der Waals surface area contributed by atoms with Crippen LogP contribution in [0.4, 0.5) is 0 Å². The molecule has 0 spiro atoms. The van der Waals surface area contributed by atoms with Crippen molar-refractivity contribution in [2.24, 2.45) is 5.73 Å². The summed E-state index contributed by atoms with van der Waals surface area (Å²) >= 11 is 0. The number of phosphoric acid groups is 1. The first-order chi connectivity index (χ1) is 33.8. The van der Waals surface area contributed by atoms with Gasteiger partial charge in [0.25, 0.3) is 0 Å². The van der Waals surface area contributed by atoms with Gasteiger partial charge in [-0.15, -0.1) is 0 Å². The van der Waals surface area contributed by atoms with Crippen molar-refractivity contribution in [1.29, 1.82) is 0 Å². The predicted octanol–water partition coefficient (Wildman–Crippen LogP) is 17.1. The molecule has 0 aliphatic carbocycles. The number of phosphoric ester groups is 1. The molecular weight excluding hydrogens is 882 g/mol. The van der Waals surface area contributed by atoms with Gasteiger partial charge in [0.2, 0.25) is 0 Å². The van der Waals surface area contributed by atoms with E-state index in [4.69, 9.17) is 24.3 Å². The standard InChI is InChI=1S/C59H100NO8P/c1-3-5-7-9-11-13-15-17-19-21-23-24-25-26-27-28-29-30-31-32-34-36-38-40-42-44-46-48-50-52-59(62)68-57(56-67-69(63,64)66-54-53-60)55-65-58(61)51-49-47-45-43-41-39-37-35-33-22-20-18-16-14-12-10-8-6-4-2/h5,7,11,13,17,19,23-24,26-27,29-30,32,34,38,40,44,46,57H,3-4,6,8-10,12,14-16,18,20-22,25,28,31,33,35-37,39,41-43,45,47-56,60H2,1-2H3,(H,63,64)/b7-5-,13-11-,19-17-,24-23-,27-26-,30-29-,34-32-,40-38-,46-44-. The van der Waals surface area contributed by atoms with Crippen LogP contribution in [0.3, 0.4) is 0 Å². The van der Waals surface area contributed by atoms with Gasteiger partial charge in [0, 0.05) is 19.4 Å². The molecule has 3 N–H and O–H groups in total. The summed E-state index contributed by atoms with van der Waals surface area (Å²) in [6.07, 6.45) is 72.8. The Morgan fingerprint density at radius 3 is 1.17 bits per heavy atom. The molecule has 394 valence electrons. The molecule has 0 bridgehead atoms. The van der Waals surface area contributed by atoms with E-state index < -0.39 is 32.5 Å². The second-order valence-electron chi connectivity index (χ2n) is 17.7. The summed E-state index contributed by atoms with van der Waals surface area (Å²) in [5.41, 5.74) is 5.37. The molecule has 0 aromatic carbocycles. The van der Waals surface area contributed by atoms with Gasteiger partial charge >= 0.3 is 19.8 Å². The third kappa shape index (κ3) is 53.9. The summed E-state index contributed by atoms with van der Waals surface area (Å²) in [5.74, 6) is -0.899. The van der Waals surface area contributed by atoms with Crippen LogP contribution in [0.1, 0.15) is 219 Å². The molecule has 2 unspecified atom stereocenters. The van der Waals surface area contributed by atoms with Gasteiger partial charge < -0.3 is 20.1 Å². The number of hydrogen-bond donors (Lipinski definition) is 2. The third-order valence-electron chi connectivity index (χ3n) is 11.2. The van der Waals surface area contributed by atoms with Crippen molar-refractivity contribution in [3.05, 3.63) is 109 Å². The Kier molecular flexibility index (Phi) is 51.4. The lowest BCUT2D eigenvalue weighted by Crippen LogP contribution is -2.29. The number of ether oxygens (including phenoxy) is 2. The van der Waals surface area contributed by atoms with Crippen LogP contribution >= 0.6 is 7.82 Å². The van der Waals surface area contributed by atoms with E-state index in [9.17, 15) is 19.0 Å². The topological polar surface area (TPSA) is 134 Å². The van der Waals surface area contributed by atoms with E-state index in [2.05, 4.69) is 117 Å². The molecule has 69 heavy (non-hydrogen) atoms. The maximum Gasteiger partial charge on any atom is 0.472 e. The smallest absolute Gasteiger partial charge is 0.462 e. The molecule has 0 aromatic heterocycles. The SMILES string of the molecule is CC/C=C\C/C=C\C/C=C\C/C=C\C/C=C\C/C=C\C/C=C\C/C=C\C/C=C\CCCC(=O)OC(COC(=O)CCCCCCCCCCCCCCCCCCCCC)COP(=O)(O)OCCN. The summed E-state index contributed by atoms with van der Waals surface area (Å²) in [6, 6.07) is 0. The summed E-state index contributed by atoms with van der Waals surface area (Å²) < 4.78 is 32.9.